The van der Waals surface area contributed by atoms with Gasteiger partial charge in [0, 0.05) is 42.3 Å². The van der Waals surface area contributed by atoms with Crippen LogP contribution in [0.1, 0.15) is 25.7 Å². The summed E-state index contributed by atoms with van der Waals surface area (Å²) in [7, 11) is -3.36. The number of hydrogen-bond acceptors (Lipinski definition) is 10. The smallest absolute Gasteiger partial charge is 0.272 e. The fourth-order valence-corrected chi connectivity index (χ4v) is 4.99. The van der Waals surface area contributed by atoms with E-state index >= 15 is 0 Å². The van der Waals surface area contributed by atoms with Crippen LogP contribution in [0.4, 0.5) is 10.8 Å². The molecule has 0 atom stereocenters. The van der Waals surface area contributed by atoms with Crippen molar-refractivity contribution in [2.45, 2.75) is 26.2 Å². The number of aromatic nitrogens is 4. The maximum Gasteiger partial charge on any atom is 0.272 e. The highest BCUT2D eigenvalue weighted by molar-refractivity contribution is 7.92. The van der Waals surface area contributed by atoms with Crippen molar-refractivity contribution in [3.8, 4) is 11.4 Å². The summed E-state index contributed by atoms with van der Waals surface area (Å²) in [6.45, 7) is 2.59. The number of benzene rings is 1. The van der Waals surface area contributed by atoms with Gasteiger partial charge in [0.1, 0.15) is 5.00 Å². The molecule has 0 aliphatic heterocycles. The van der Waals surface area contributed by atoms with Crippen LogP contribution in [0.25, 0.3) is 22.2 Å². The number of nitrogens with one attached hydrogen (secondary N) is 4. The Bertz CT molecular complexity index is 1510. The molecule has 4 N–H and O–H groups in total. The molecule has 4 aromatic rings. The van der Waals surface area contributed by atoms with Crippen LogP contribution in [0.2, 0.25) is 0 Å². The van der Waals surface area contributed by atoms with E-state index in [0.29, 0.717) is 53.0 Å². The Morgan fingerprint density at radius 3 is 2.81 bits per heavy atom. The van der Waals surface area contributed by atoms with Crippen molar-refractivity contribution < 1.29 is 17.7 Å². The van der Waals surface area contributed by atoms with Crippen LogP contribution in [0.5, 0.6) is 0 Å². The van der Waals surface area contributed by atoms with Crippen LogP contribution in [0.3, 0.4) is 0 Å². The van der Waals surface area contributed by atoms with Gasteiger partial charge in [-0.1, -0.05) is 23.4 Å². The molecule has 14 heteroatoms. The number of carbonyl (C=O) groups excluding carboxylic acids is 1. The lowest BCUT2D eigenvalue weighted by Crippen LogP contribution is -2.26. The van der Waals surface area contributed by atoms with Gasteiger partial charge in [0.05, 0.1) is 11.1 Å². The Hall–Kier alpha value is -3.78. The van der Waals surface area contributed by atoms with Crippen molar-refractivity contribution >= 4 is 48.9 Å². The van der Waals surface area contributed by atoms with Crippen LogP contribution in [0, 0.1) is 0 Å². The van der Waals surface area contributed by atoms with E-state index < -0.39 is 10.0 Å². The predicted molar refractivity (Wildman–Crippen MR) is 137 cm³/mol. The van der Waals surface area contributed by atoms with Crippen molar-refractivity contribution in [3.05, 3.63) is 52.0 Å². The van der Waals surface area contributed by atoms with Gasteiger partial charge in [0.15, 0.2) is 5.82 Å². The summed E-state index contributed by atoms with van der Waals surface area (Å²) in [5.41, 5.74) is 0.391. The van der Waals surface area contributed by atoms with Gasteiger partial charge < -0.3 is 15.2 Å². The quantitative estimate of drug-likeness (QED) is 0.200. The number of aromatic amines is 1. The average molecular weight is 532 g/mol. The fraction of sp³-hybridized carbons (Fsp3) is 0.318. The largest absolute Gasteiger partial charge is 0.368 e. The zero-order valence-electron chi connectivity index (χ0n) is 19.4. The average Bonchev–Trinajstić information content (AvgIpc) is 3.53. The number of anilines is 2. The summed E-state index contributed by atoms with van der Waals surface area (Å²) in [4.78, 5) is 28.3. The Morgan fingerprint density at radius 1 is 1.19 bits per heavy atom. The van der Waals surface area contributed by atoms with E-state index in [-0.39, 0.29) is 30.1 Å². The number of hydrogen-bond donors (Lipinski definition) is 4. The van der Waals surface area contributed by atoms with Gasteiger partial charge in [-0.25, -0.2) is 13.5 Å². The molecule has 1 aromatic carbocycles. The Labute approximate surface area is 210 Å². The summed E-state index contributed by atoms with van der Waals surface area (Å²) in [6.07, 6.45) is 1.13. The maximum absolute atomic E-state index is 12.2. The molecular weight excluding hydrogens is 506 g/mol. The van der Waals surface area contributed by atoms with Crippen molar-refractivity contribution in [3.63, 3.8) is 0 Å². The normalized spacial score (nSPS) is 11.5. The Balaban J connectivity index is 1.19. The second kappa shape index (κ2) is 11.3. The van der Waals surface area contributed by atoms with E-state index in [1.165, 1.54) is 11.3 Å². The second-order valence-corrected chi connectivity index (χ2v) is 10.7. The number of sulfonamides is 1. The monoisotopic (exact) mass is 531 g/mol. The highest BCUT2D eigenvalue weighted by atomic mass is 32.2. The van der Waals surface area contributed by atoms with Gasteiger partial charge in [0.2, 0.25) is 27.6 Å². The molecule has 0 fully saturated rings. The van der Waals surface area contributed by atoms with Crippen LogP contribution in [-0.4, -0.2) is 53.5 Å². The molecule has 0 aliphatic rings. The highest BCUT2D eigenvalue weighted by Gasteiger charge is 2.14. The fourth-order valence-electron chi connectivity index (χ4n) is 3.29. The van der Waals surface area contributed by atoms with Gasteiger partial charge in [-0.05, 0) is 25.5 Å². The molecule has 3 heterocycles. The topological polar surface area (TPSA) is 172 Å². The van der Waals surface area contributed by atoms with Crippen LogP contribution < -0.4 is 20.9 Å². The zero-order valence-corrected chi connectivity index (χ0v) is 21.0. The van der Waals surface area contributed by atoms with Crippen LogP contribution in [0.15, 0.2) is 45.0 Å². The van der Waals surface area contributed by atoms with E-state index in [1.807, 2.05) is 12.1 Å². The van der Waals surface area contributed by atoms with Crippen molar-refractivity contribution in [2.24, 2.45) is 0 Å². The van der Waals surface area contributed by atoms with E-state index in [9.17, 15) is 18.0 Å². The predicted octanol–water partition coefficient (Wildman–Crippen LogP) is 2.35. The number of aryl methyl sites for hydroxylation is 1. The van der Waals surface area contributed by atoms with E-state index in [1.54, 1.807) is 30.5 Å². The third-order valence-electron chi connectivity index (χ3n) is 5.19. The number of rotatable bonds is 12. The number of thiophene rings is 1. The maximum atomic E-state index is 12.2. The first-order valence-electron chi connectivity index (χ1n) is 11.2. The van der Waals surface area contributed by atoms with Gasteiger partial charge in [-0.2, -0.15) is 10.1 Å². The van der Waals surface area contributed by atoms with Crippen molar-refractivity contribution in [1.82, 2.24) is 25.7 Å². The number of nitrogens with zero attached hydrogens (tertiary/aromatic N) is 3. The highest BCUT2D eigenvalue weighted by Crippen LogP contribution is 2.28. The lowest BCUT2D eigenvalue weighted by molar-refractivity contribution is -0.121. The third-order valence-corrected chi connectivity index (χ3v) is 7.46. The van der Waals surface area contributed by atoms with Crippen LogP contribution >= 0.6 is 11.3 Å². The first-order chi connectivity index (χ1) is 17.3. The number of carbonyl (C=O) groups is 1. The molecule has 0 aliphatic carbocycles. The molecule has 0 bridgehead atoms. The standard InChI is InChI=1S/C22H25N7O5S2/c1-2-36(32,33)29-19-12-14(13-35-19)20-25-18(34-28-20)9-8-17(30)23-10-5-11-24-21-15-6-3-4-7-16(15)22(31)27-26-21/h3-4,6-7,12-13,29H,2,5,8-11H2,1H3,(H,23,30)(H,24,26)(H,27,31). The summed E-state index contributed by atoms with van der Waals surface area (Å²) in [5.74, 6) is 1.07. The molecule has 0 saturated heterocycles. The molecular formula is C22H25N7O5S2. The minimum absolute atomic E-state index is 0.0192. The first kappa shape index (κ1) is 25.3. The molecule has 0 spiro atoms. The number of fused-ring (bicyclic) bond motifs is 1. The van der Waals surface area contributed by atoms with Gasteiger partial charge in [0.25, 0.3) is 5.56 Å². The Kier molecular flexibility index (Phi) is 7.95. The SMILES string of the molecule is CCS(=O)(=O)Nc1cc(-c2noc(CCC(=O)NCCCNc3n[nH]c(=O)c4ccccc34)n2)cs1. The summed E-state index contributed by atoms with van der Waals surface area (Å²) >= 11 is 1.23. The van der Waals surface area contributed by atoms with E-state index in [4.69, 9.17) is 4.52 Å². The van der Waals surface area contributed by atoms with Gasteiger partial charge >= 0.3 is 0 Å². The van der Waals surface area contributed by atoms with Gasteiger partial charge in [-0.3, -0.25) is 14.3 Å². The lowest BCUT2D eigenvalue weighted by Gasteiger charge is -2.08. The molecule has 36 heavy (non-hydrogen) atoms. The molecule has 1 amide bonds. The molecule has 3 aromatic heterocycles. The molecule has 0 radical (unpaired) electrons. The molecule has 12 nitrogen and oxygen atoms in total. The number of H-pyrrole nitrogens is 1. The molecule has 0 saturated carbocycles. The summed E-state index contributed by atoms with van der Waals surface area (Å²) < 4.78 is 31.1. The molecule has 4 rings (SSSR count). The summed E-state index contributed by atoms with van der Waals surface area (Å²) in [5, 5.41) is 20.0. The van der Waals surface area contributed by atoms with Crippen molar-refractivity contribution in [1.29, 1.82) is 0 Å². The third kappa shape index (κ3) is 6.46. The van der Waals surface area contributed by atoms with Crippen molar-refractivity contribution in [2.75, 3.05) is 28.9 Å². The van der Waals surface area contributed by atoms with Crippen LogP contribution in [-0.2, 0) is 21.2 Å². The van der Waals surface area contributed by atoms with E-state index in [2.05, 4.69) is 35.7 Å². The number of amides is 1. The lowest BCUT2D eigenvalue weighted by atomic mass is 10.2. The minimum atomic E-state index is -3.36. The molecule has 0 unspecified atom stereocenters. The minimum Gasteiger partial charge on any atom is -0.368 e. The van der Waals surface area contributed by atoms with E-state index in [0.717, 1.165) is 5.39 Å². The van der Waals surface area contributed by atoms with Gasteiger partial charge in [-0.15, -0.1) is 11.3 Å². The summed E-state index contributed by atoms with van der Waals surface area (Å²) in [6, 6.07) is 8.84. The molecule has 190 valence electrons. The first-order valence-corrected chi connectivity index (χ1v) is 13.8. The zero-order chi connectivity index (χ0) is 25.5. The Morgan fingerprint density at radius 2 is 2.00 bits per heavy atom. The second-order valence-electron chi connectivity index (χ2n) is 7.79.